The molecule has 0 aliphatic carbocycles. The molecule has 0 atom stereocenters. The highest BCUT2D eigenvalue weighted by Gasteiger charge is 2.34. The third-order valence-electron chi connectivity index (χ3n) is 2.29. The predicted octanol–water partition coefficient (Wildman–Crippen LogP) is 1.80. The molecule has 1 aromatic carbocycles. The zero-order valence-electron chi connectivity index (χ0n) is 9.64. The van der Waals surface area contributed by atoms with Gasteiger partial charge in [0.15, 0.2) is 0 Å². The first-order valence-electron chi connectivity index (χ1n) is 5.26. The Kier molecular flexibility index (Phi) is 4.81. The van der Waals surface area contributed by atoms with Crippen LogP contribution in [0.5, 0.6) is 0 Å². The van der Waals surface area contributed by atoms with E-state index in [-0.39, 0.29) is 12.1 Å². The van der Waals surface area contributed by atoms with Crippen molar-refractivity contribution < 1.29 is 18.7 Å². The molecule has 1 rings (SSSR count). The quantitative estimate of drug-likeness (QED) is 0.786. The lowest BCUT2D eigenvalue weighted by Crippen LogP contribution is -2.38. The van der Waals surface area contributed by atoms with Crippen LogP contribution in [0.4, 0.5) is 8.78 Å². The molecule has 3 nitrogen and oxygen atoms in total. The Morgan fingerprint density at radius 3 is 2.50 bits per heavy atom. The first-order chi connectivity index (χ1) is 8.45. The number of nitrogens with zero attached hydrogens (tertiary/aromatic N) is 1. The minimum Gasteiger partial charge on any atom is -0.480 e. The van der Waals surface area contributed by atoms with Gasteiger partial charge in [0.25, 0.3) is 5.92 Å². The van der Waals surface area contributed by atoms with E-state index in [1.165, 1.54) is 24.3 Å². The van der Waals surface area contributed by atoms with E-state index in [1.54, 1.807) is 6.07 Å². The zero-order chi connectivity index (χ0) is 13.6. The van der Waals surface area contributed by atoms with Gasteiger partial charge in [-0.05, 0) is 0 Å². The Labute approximate surface area is 104 Å². The summed E-state index contributed by atoms with van der Waals surface area (Å²) >= 11 is 0. The summed E-state index contributed by atoms with van der Waals surface area (Å²) in [5, 5.41) is 8.62. The molecule has 0 bridgehead atoms. The molecule has 0 heterocycles. The van der Waals surface area contributed by atoms with Gasteiger partial charge in [-0.2, -0.15) is 8.78 Å². The van der Waals surface area contributed by atoms with Gasteiger partial charge in [-0.1, -0.05) is 36.3 Å². The fraction of sp³-hybridized carbons (Fsp3) is 0.308. The molecule has 0 unspecified atom stereocenters. The molecule has 0 saturated heterocycles. The summed E-state index contributed by atoms with van der Waals surface area (Å²) in [5.74, 6) is -2.14. The topological polar surface area (TPSA) is 40.5 Å². The number of halogens is 2. The van der Waals surface area contributed by atoms with Gasteiger partial charge in [-0.3, -0.25) is 9.69 Å². The molecule has 0 saturated carbocycles. The monoisotopic (exact) mass is 253 g/mol. The maximum Gasteiger partial charge on any atom is 0.317 e. The fourth-order valence-electron chi connectivity index (χ4n) is 1.54. The molecule has 0 spiro atoms. The van der Waals surface area contributed by atoms with Crippen LogP contribution in [0.3, 0.4) is 0 Å². The summed E-state index contributed by atoms with van der Waals surface area (Å²) in [7, 11) is 0. The van der Waals surface area contributed by atoms with Crippen molar-refractivity contribution in [2.24, 2.45) is 0 Å². The lowest BCUT2D eigenvalue weighted by atomic mass is 10.1. The molecular weight excluding hydrogens is 240 g/mol. The van der Waals surface area contributed by atoms with Gasteiger partial charge in [0.1, 0.15) is 0 Å². The second-order valence-corrected chi connectivity index (χ2v) is 3.81. The number of carboxylic acid groups (broad SMARTS) is 1. The molecule has 18 heavy (non-hydrogen) atoms. The summed E-state index contributed by atoms with van der Waals surface area (Å²) in [6.07, 6.45) is 5.03. The van der Waals surface area contributed by atoms with Gasteiger partial charge in [0.2, 0.25) is 0 Å². The molecule has 0 radical (unpaired) electrons. The second kappa shape index (κ2) is 6.12. The molecule has 0 aromatic heterocycles. The van der Waals surface area contributed by atoms with E-state index in [4.69, 9.17) is 11.5 Å². The number of benzene rings is 1. The van der Waals surface area contributed by atoms with Gasteiger partial charge < -0.3 is 5.11 Å². The van der Waals surface area contributed by atoms with E-state index in [1.807, 2.05) is 0 Å². The summed E-state index contributed by atoms with van der Waals surface area (Å²) in [5.41, 5.74) is -0.155. The van der Waals surface area contributed by atoms with Gasteiger partial charge in [-0.25, -0.2) is 0 Å². The Balaban J connectivity index is 2.79. The third-order valence-corrected chi connectivity index (χ3v) is 2.29. The Morgan fingerprint density at radius 2 is 2.00 bits per heavy atom. The van der Waals surface area contributed by atoms with Crippen LogP contribution in [0.25, 0.3) is 0 Å². The second-order valence-electron chi connectivity index (χ2n) is 3.81. The van der Waals surface area contributed by atoms with Gasteiger partial charge in [0, 0.05) is 5.56 Å². The third kappa shape index (κ3) is 4.15. The summed E-state index contributed by atoms with van der Waals surface area (Å²) in [4.78, 5) is 11.6. The number of carboxylic acids is 1. The fourth-order valence-corrected chi connectivity index (χ4v) is 1.54. The number of rotatable bonds is 6. The molecule has 0 aliphatic heterocycles. The van der Waals surface area contributed by atoms with E-state index >= 15 is 0 Å². The minimum atomic E-state index is -3.13. The van der Waals surface area contributed by atoms with Crippen molar-refractivity contribution in [3.8, 4) is 12.3 Å². The Bertz CT molecular complexity index is 440. The van der Waals surface area contributed by atoms with E-state index in [0.717, 1.165) is 4.90 Å². The van der Waals surface area contributed by atoms with Crippen molar-refractivity contribution in [2.75, 3.05) is 19.6 Å². The van der Waals surface area contributed by atoms with Gasteiger partial charge >= 0.3 is 5.97 Å². The van der Waals surface area contributed by atoms with Gasteiger partial charge in [-0.15, -0.1) is 6.42 Å². The van der Waals surface area contributed by atoms with Crippen molar-refractivity contribution >= 4 is 5.97 Å². The minimum absolute atomic E-state index is 0.130. The van der Waals surface area contributed by atoms with E-state index in [2.05, 4.69) is 5.92 Å². The van der Waals surface area contributed by atoms with Gasteiger partial charge in [0.05, 0.1) is 19.6 Å². The highest BCUT2D eigenvalue weighted by atomic mass is 19.3. The lowest BCUT2D eigenvalue weighted by Gasteiger charge is -2.24. The first kappa shape index (κ1) is 14.1. The number of terminal acetylenes is 1. The number of aliphatic carboxylic acids is 1. The van der Waals surface area contributed by atoms with Crippen LogP contribution in [0, 0.1) is 12.3 Å². The maximum absolute atomic E-state index is 13.9. The normalized spacial score (nSPS) is 11.2. The van der Waals surface area contributed by atoms with E-state index in [9.17, 15) is 13.6 Å². The molecule has 0 fully saturated rings. The van der Waals surface area contributed by atoms with Crippen LogP contribution in [0.15, 0.2) is 30.3 Å². The molecule has 1 aromatic rings. The highest BCUT2D eigenvalue weighted by molar-refractivity contribution is 5.69. The summed E-state index contributed by atoms with van der Waals surface area (Å²) in [6, 6.07) is 7.25. The SMILES string of the molecule is C#CCN(CC(=O)O)CC(F)(F)c1ccccc1. The number of alkyl halides is 2. The maximum atomic E-state index is 13.9. The number of hydrogen-bond acceptors (Lipinski definition) is 2. The Hall–Kier alpha value is -1.93. The van der Waals surface area contributed by atoms with Crippen LogP contribution in [-0.4, -0.2) is 35.6 Å². The smallest absolute Gasteiger partial charge is 0.317 e. The largest absolute Gasteiger partial charge is 0.480 e. The number of hydrogen-bond donors (Lipinski definition) is 1. The van der Waals surface area contributed by atoms with Crippen LogP contribution < -0.4 is 0 Å². The van der Waals surface area contributed by atoms with Crippen LogP contribution in [0.2, 0.25) is 0 Å². The van der Waals surface area contributed by atoms with Crippen molar-refractivity contribution in [1.82, 2.24) is 4.90 Å². The Morgan fingerprint density at radius 1 is 1.39 bits per heavy atom. The van der Waals surface area contributed by atoms with Crippen LogP contribution in [-0.2, 0) is 10.7 Å². The van der Waals surface area contributed by atoms with Crippen LogP contribution in [0.1, 0.15) is 5.56 Å². The molecule has 1 N–H and O–H groups in total. The summed E-state index contributed by atoms with van der Waals surface area (Å²) in [6.45, 7) is -1.35. The summed E-state index contributed by atoms with van der Waals surface area (Å²) < 4.78 is 27.8. The first-order valence-corrected chi connectivity index (χ1v) is 5.26. The molecule has 5 heteroatoms. The van der Waals surface area contributed by atoms with E-state index < -0.39 is 25.0 Å². The predicted molar refractivity (Wildman–Crippen MR) is 63.2 cm³/mol. The average molecular weight is 253 g/mol. The van der Waals surface area contributed by atoms with E-state index in [0.29, 0.717) is 0 Å². The van der Waals surface area contributed by atoms with Crippen molar-refractivity contribution in [2.45, 2.75) is 5.92 Å². The molecular formula is C13H13F2NO2. The van der Waals surface area contributed by atoms with Crippen molar-refractivity contribution in [3.63, 3.8) is 0 Å². The average Bonchev–Trinajstić information content (AvgIpc) is 2.29. The molecule has 0 aliphatic rings. The molecule has 0 amide bonds. The number of carbonyl (C=O) groups is 1. The highest BCUT2D eigenvalue weighted by Crippen LogP contribution is 2.28. The molecule has 96 valence electrons. The van der Waals surface area contributed by atoms with Crippen LogP contribution >= 0.6 is 0 Å². The lowest BCUT2D eigenvalue weighted by molar-refractivity contribution is -0.139. The zero-order valence-corrected chi connectivity index (χ0v) is 9.64. The van der Waals surface area contributed by atoms with Crippen molar-refractivity contribution in [3.05, 3.63) is 35.9 Å². The standard InChI is InChI=1S/C13H13F2NO2/c1-2-8-16(9-12(17)18)10-13(14,15)11-6-4-3-5-7-11/h1,3-7H,8-10H2,(H,17,18). The van der Waals surface area contributed by atoms with Crippen molar-refractivity contribution in [1.29, 1.82) is 0 Å².